The van der Waals surface area contributed by atoms with Crippen LogP contribution in [0.15, 0.2) is 30.3 Å². The molecule has 0 atom stereocenters. The van der Waals surface area contributed by atoms with E-state index < -0.39 is 0 Å². The van der Waals surface area contributed by atoms with Gasteiger partial charge in [0.15, 0.2) is 34.5 Å². The summed E-state index contributed by atoms with van der Waals surface area (Å²) in [6, 6.07) is 11.1. The van der Waals surface area contributed by atoms with Crippen LogP contribution in [0.2, 0.25) is 0 Å². The zero-order valence-electron chi connectivity index (χ0n) is 40.5. The topological polar surface area (TPSA) is 64.6 Å². The molecule has 0 amide bonds. The van der Waals surface area contributed by atoms with Crippen molar-refractivity contribution in [3.63, 3.8) is 0 Å². The number of rotatable bonds is 37. The van der Waals surface area contributed by atoms with Gasteiger partial charge in [-0.2, -0.15) is 0 Å². The molecule has 0 bridgehead atoms. The second-order valence-electron chi connectivity index (χ2n) is 17.2. The van der Waals surface area contributed by atoms with Crippen LogP contribution < -0.4 is 33.2 Å². The fraction of sp³-hybridized carbons (Fsp3) is 0.673. The van der Waals surface area contributed by atoms with E-state index in [-0.39, 0.29) is 0 Å². The number of benzene rings is 4. The Balaban J connectivity index is 2.12. The highest BCUT2D eigenvalue weighted by Crippen LogP contribution is 2.52. The van der Waals surface area contributed by atoms with Crippen molar-refractivity contribution in [2.75, 3.05) is 46.2 Å². The average Bonchev–Trinajstić information content (AvgIpc) is 3.28. The van der Waals surface area contributed by atoms with E-state index in [0.717, 1.165) is 189 Å². The van der Waals surface area contributed by atoms with E-state index in [2.05, 4.69) is 78.8 Å². The van der Waals surface area contributed by atoms with E-state index in [1.165, 1.54) is 25.7 Å². The molecule has 0 unspecified atom stereocenters. The van der Waals surface area contributed by atoms with Gasteiger partial charge in [0.05, 0.1) is 46.2 Å². The SMILES string of the molecule is CCCCCCOc1c(OCCCCC)cc2c3cc(OCCCCC)c(OCCCCC)cc3c3cc(OCCCCC)c(OCCCCC)cc3c2c1OCCCCCC. The number of fused-ring (bicyclic) bond motifs is 6. The smallest absolute Gasteiger partial charge is 0.204 e. The lowest BCUT2D eigenvalue weighted by molar-refractivity contribution is 0.237. The van der Waals surface area contributed by atoms with Crippen LogP contribution in [0, 0.1) is 0 Å². The summed E-state index contributed by atoms with van der Waals surface area (Å²) in [4.78, 5) is 0. The first-order valence-electron chi connectivity index (χ1n) is 25.5. The van der Waals surface area contributed by atoms with E-state index >= 15 is 0 Å². The quantitative estimate of drug-likeness (QED) is 0.0331. The third kappa shape index (κ3) is 15.8. The highest BCUT2D eigenvalue weighted by molar-refractivity contribution is 6.28. The molecule has 7 nitrogen and oxygen atoms in total. The van der Waals surface area contributed by atoms with Crippen LogP contribution in [0.4, 0.5) is 0 Å². The molecule has 0 aliphatic carbocycles. The summed E-state index contributed by atoms with van der Waals surface area (Å²) in [6.07, 6.45) is 25.1. The molecule has 4 rings (SSSR count). The van der Waals surface area contributed by atoms with E-state index in [4.69, 9.17) is 33.2 Å². The van der Waals surface area contributed by atoms with Crippen LogP contribution in [0.25, 0.3) is 32.3 Å². The normalized spacial score (nSPS) is 11.5. The van der Waals surface area contributed by atoms with Crippen molar-refractivity contribution in [3.05, 3.63) is 30.3 Å². The summed E-state index contributed by atoms with van der Waals surface area (Å²) < 4.78 is 47.3. The maximum Gasteiger partial charge on any atom is 0.204 e. The molecule has 0 radical (unpaired) electrons. The lowest BCUT2D eigenvalue weighted by Crippen LogP contribution is -2.08. The third-order valence-electron chi connectivity index (χ3n) is 11.7. The number of unbranched alkanes of at least 4 members (excludes halogenated alkanes) is 16. The molecule has 348 valence electrons. The minimum absolute atomic E-state index is 0.593. The molecule has 4 aromatic rings. The van der Waals surface area contributed by atoms with Crippen LogP contribution in [-0.2, 0) is 0 Å². The van der Waals surface area contributed by atoms with Gasteiger partial charge in [-0.3, -0.25) is 0 Å². The number of hydrogen-bond acceptors (Lipinski definition) is 7. The molecule has 0 spiro atoms. The van der Waals surface area contributed by atoms with Crippen LogP contribution in [0.5, 0.6) is 40.2 Å². The number of hydrogen-bond donors (Lipinski definition) is 0. The first-order valence-corrected chi connectivity index (χ1v) is 25.5. The van der Waals surface area contributed by atoms with E-state index in [0.29, 0.717) is 52.0 Å². The predicted molar refractivity (Wildman–Crippen MR) is 263 cm³/mol. The van der Waals surface area contributed by atoms with E-state index in [1.54, 1.807) is 0 Å². The molecule has 0 aliphatic heterocycles. The van der Waals surface area contributed by atoms with Crippen molar-refractivity contribution < 1.29 is 33.2 Å². The minimum atomic E-state index is 0.593. The largest absolute Gasteiger partial charge is 0.490 e. The fourth-order valence-electron chi connectivity index (χ4n) is 8.00. The maximum absolute atomic E-state index is 7.06. The van der Waals surface area contributed by atoms with Gasteiger partial charge in [0.25, 0.3) is 0 Å². The maximum atomic E-state index is 7.06. The predicted octanol–water partition coefficient (Wildman–Crippen LogP) is 16.9. The van der Waals surface area contributed by atoms with Crippen molar-refractivity contribution in [1.82, 2.24) is 0 Å². The zero-order valence-corrected chi connectivity index (χ0v) is 40.5. The Hall–Kier alpha value is -3.74. The van der Waals surface area contributed by atoms with Gasteiger partial charge >= 0.3 is 0 Å². The fourth-order valence-corrected chi connectivity index (χ4v) is 8.00. The summed E-state index contributed by atoms with van der Waals surface area (Å²) in [5, 5.41) is 6.31. The average molecular weight is 859 g/mol. The molecule has 0 saturated carbocycles. The van der Waals surface area contributed by atoms with Crippen molar-refractivity contribution in [3.8, 4) is 40.2 Å². The van der Waals surface area contributed by atoms with Crippen molar-refractivity contribution >= 4 is 32.3 Å². The second-order valence-corrected chi connectivity index (χ2v) is 17.2. The Kier molecular flexibility index (Phi) is 24.9. The summed E-state index contributed by atoms with van der Waals surface area (Å²) in [5.41, 5.74) is 0. The molecule has 0 fully saturated rings. The van der Waals surface area contributed by atoms with E-state index in [1.807, 2.05) is 0 Å². The molecule has 0 heterocycles. The molecular weight excluding hydrogens is 773 g/mol. The van der Waals surface area contributed by atoms with Crippen molar-refractivity contribution in [2.45, 2.75) is 196 Å². The summed E-state index contributed by atoms with van der Waals surface area (Å²) in [5.74, 6) is 5.32. The summed E-state index contributed by atoms with van der Waals surface area (Å²) in [6.45, 7) is 20.0. The Bertz CT molecular complexity index is 1790. The van der Waals surface area contributed by atoms with E-state index in [9.17, 15) is 0 Å². The van der Waals surface area contributed by atoms with Gasteiger partial charge in [-0.15, -0.1) is 0 Å². The molecule has 62 heavy (non-hydrogen) atoms. The molecule has 0 saturated heterocycles. The monoisotopic (exact) mass is 859 g/mol. The Morgan fingerprint density at radius 3 is 0.839 bits per heavy atom. The van der Waals surface area contributed by atoms with Gasteiger partial charge in [-0.1, -0.05) is 151 Å². The van der Waals surface area contributed by atoms with Gasteiger partial charge in [-0.05, 0) is 102 Å². The Morgan fingerprint density at radius 1 is 0.242 bits per heavy atom. The minimum Gasteiger partial charge on any atom is -0.490 e. The first-order chi connectivity index (χ1) is 30.6. The molecule has 0 aliphatic rings. The lowest BCUT2D eigenvalue weighted by atomic mass is 9.92. The van der Waals surface area contributed by atoms with Crippen molar-refractivity contribution in [2.24, 2.45) is 0 Å². The van der Waals surface area contributed by atoms with Gasteiger partial charge in [0, 0.05) is 5.39 Å². The zero-order chi connectivity index (χ0) is 44.2. The van der Waals surface area contributed by atoms with Gasteiger partial charge in [0.1, 0.15) is 0 Å². The van der Waals surface area contributed by atoms with Crippen molar-refractivity contribution in [1.29, 1.82) is 0 Å². The second kappa shape index (κ2) is 30.4. The Morgan fingerprint density at radius 2 is 0.484 bits per heavy atom. The van der Waals surface area contributed by atoms with Gasteiger partial charge < -0.3 is 33.2 Å². The first kappa shape index (κ1) is 50.9. The summed E-state index contributed by atoms with van der Waals surface area (Å²) in [7, 11) is 0. The highest BCUT2D eigenvalue weighted by atomic mass is 16.5. The highest BCUT2D eigenvalue weighted by Gasteiger charge is 2.25. The molecule has 0 aromatic heterocycles. The lowest BCUT2D eigenvalue weighted by Gasteiger charge is -2.23. The van der Waals surface area contributed by atoms with Crippen LogP contribution >= 0.6 is 0 Å². The third-order valence-corrected chi connectivity index (χ3v) is 11.7. The standard InChI is InChI=1S/C55H86O7/c1-8-15-22-29-36-61-54-52(60-35-28-21-14-7)42-47-45-40-49(57-32-25-18-11-4)48(56-31-24-17-10-3)38-43(45)44-39-50(58-33-26-19-12-5)51(59-34-27-20-13-6)41-46(44)53(47)55(54)62-37-30-23-16-9-2/h38-42H,8-37H2,1-7H3. The van der Waals surface area contributed by atoms with Crippen LogP contribution in [0.3, 0.4) is 0 Å². The molecular formula is C55H86O7. The molecule has 4 aromatic carbocycles. The van der Waals surface area contributed by atoms with Crippen LogP contribution in [0.1, 0.15) is 196 Å². The molecule has 7 heteroatoms. The van der Waals surface area contributed by atoms with Gasteiger partial charge in [0.2, 0.25) is 5.75 Å². The van der Waals surface area contributed by atoms with Gasteiger partial charge in [-0.25, -0.2) is 0 Å². The Labute approximate surface area is 377 Å². The van der Waals surface area contributed by atoms with Crippen LogP contribution in [-0.4, -0.2) is 46.2 Å². The number of ether oxygens (including phenoxy) is 7. The summed E-state index contributed by atoms with van der Waals surface area (Å²) >= 11 is 0. The molecule has 0 N–H and O–H groups in total.